The van der Waals surface area contributed by atoms with Crippen molar-refractivity contribution in [3.63, 3.8) is 0 Å². The van der Waals surface area contributed by atoms with E-state index in [2.05, 4.69) is 15.1 Å². The summed E-state index contributed by atoms with van der Waals surface area (Å²) in [5, 5.41) is 2.78. The van der Waals surface area contributed by atoms with Gasteiger partial charge < -0.3 is 9.26 Å². The number of aromatic amines is 1. The Bertz CT molecular complexity index is 1120. The molecule has 2 aromatic heterocycles. The number of para-hydroxylation sites is 1. The van der Waals surface area contributed by atoms with Gasteiger partial charge in [0.05, 0.1) is 24.6 Å². The second-order valence-electron chi connectivity index (χ2n) is 6.86. The van der Waals surface area contributed by atoms with E-state index >= 15 is 0 Å². The Morgan fingerprint density at radius 1 is 1.16 bits per heavy atom. The highest BCUT2D eigenvalue weighted by atomic mass is 31.2. The molecule has 2 N–H and O–H groups in total. The van der Waals surface area contributed by atoms with Crippen LogP contribution in [0.25, 0.3) is 0 Å². The van der Waals surface area contributed by atoms with Gasteiger partial charge in [0.15, 0.2) is 0 Å². The van der Waals surface area contributed by atoms with E-state index < -0.39 is 31.3 Å². The van der Waals surface area contributed by atoms with Crippen molar-refractivity contribution in [3.8, 4) is 5.75 Å². The number of H-pyrrole nitrogens is 1. The summed E-state index contributed by atoms with van der Waals surface area (Å²) in [4.78, 5) is 29.4. The molecule has 1 fully saturated rings. The number of nitrogens with one attached hydrogen (secondary N) is 2. The largest absolute Gasteiger partial charge is 0.486 e. The van der Waals surface area contributed by atoms with Gasteiger partial charge in [0, 0.05) is 18.5 Å². The average Bonchev–Trinajstić information content (AvgIpc) is 3.22. The van der Waals surface area contributed by atoms with Crippen molar-refractivity contribution in [1.82, 2.24) is 14.5 Å². The number of rotatable bonds is 8. The van der Waals surface area contributed by atoms with Crippen LogP contribution in [-0.2, 0) is 13.8 Å². The van der Waals surface area contributed by atoms with Crippen molar-refractivity contribution in [2.45, 2.75) is 25.2 Å². The molecule has 1 saturated heterocycles. The number of pyridine rings is 1. The van der Waals surface area contributed by atoms with Crippen molar-refractivity contribution in [1.29, 1.82) is 0 Å². The Morgan fingerprint density at radius 3 is 2.74 bits per heavy atom. The monoisotopic (exact) mass is 444 g/mol. The number of hydrogen-bond acceptors (Lipinski definition) is 7. The van der Waals surface area contributed by atoms with Crippen LogP contribution in [0.2, 0.25) is 0 Å². The molecule has 4 rings (SSSR count). The second-order valence-corrected chi connectivity index (χ2v) is 8.52. The van der Waals surface area contributed by atoms with Crippen LogP contribution in [0.4, 0.5) is 5.69 Å². The van der Waals surface area contributed by atoms with E-state index in [1.165, 1.54) is 23.0 Å². The Balaban J connectivity index is 1.44. The van der Waals surface area contributed by atoms with Gasteiger partial charge in [-0.15, -0.1) is 0 Å². The van der Waals surface area contributed by atoms with Crippen LogP contribution in [-0.4, -0.2) is 27.2 Å². The average molecular weight is 444 g/mol. The molecule has 3 atom stereocenters. The quantitative estimate of drug-likeness (QED) is 0.508. The van der Waals surface area contributed by atoms with Crippen LogP contribution in [0.1, 0.15) is 19.1 Å². The lowest BCUT2D eigenvalue weighted by Gasteiger charge is -2.22. The molecular formula is C20H21N4O6P. The lowest BCUT2D eigenvalue weighted by Crippen LogP contribution is -2.31. The molecule has 11 heteroatoms. The summed E-state index contributed by atoms with van der Waals surface area (Å²) in [7, 11) is -3.81. The molecule has 3 heterocycles. The Hall–Kier alpha value is -3.20. The third-order valence-corrected chi connectivity index (χ3v) is 6.05. The summed E-state index contributed by atoms with van der Waals surface area (Å²) in [6.07, 6.45) is 4.66. The molecule has 0 radical (unpaired) electrons. The topological polar surface area (TPSA) is 125 Å². The second kappa shape index (κ2) is 9.30. The molecule has 1 aliphatic heterocycles. The maximum absolute atomic E-state index is 13.4. The van der Waals surface area contributed by atoms with E-state index in [1.807, 2.05) is 6.07 Å². The molecule has 0 saturated carbocycles. The first-order valence-corrected chi connectivity index (χ1v) is 11.2. The highest BCUT2D eigenvalue weighted by Gasteiger charge is 2.33. The fourth-order valence-electron chi connectivity index (χ4n) is 3.14. The molecule has 10 nitrogen and oxygen atoms in total. The fourth-order valence-corrected chi connectivity index (χ4v) is 4.51. The molecule has 0 aliphatic carbocycles. The summed E-state index contributed by atoms with van der Waals surface area (Å²) >= 11 is 0. The number of anilines is 1. The molecule has 31 heavy (non-hydrogen) atoms. The highest BCUT2D eigenvalue weighted by molar-refractivity contribution is 7.55. The lowest BCUT2D eigenvalue weighted by molar-refractivity contribution is -0.0210. The summed E-state index contributed by atoms with van der Waals surface area (Å²) in [6.45, 7) is -0.0218. The van der Waals surface area contributed by atoms with Crippen molar-refractivity contribution < 1.29 is 18.3 Å². The van der Waals surface area contributed by atoms with Crippen molar-refractivity contribution in [3.05, 3.63) is 88.0 Å². The lowest BCUT2D eigenvalue weighted by atomic mass is 10.2. The van der Waals surface area contributed by atoms with E-state index in [0.29, 0.717) is 24.3 Å². The first kappa shape index (κ1) is 21.0. The van der Waals surface area contributed by atoms with Gasteiger partial charge in [-0.3, -0.25) is 28.9 Å². The van der Waals surface area contributed by atoms with Gasteiger partial charge in [-0.2, -0.15) is 0 Å². The number of nitrogens with zero attached hydrogens (tertiary/aromatic N) is 2. The number of aromatic nitrogens is 3. The van der Waals surface area contributed by atoms with Crippen LogP contribution in [0.3, 0.4) is 0 Å². The minimum atomic E-state index is -3.81. The summed E-state index contributed by atoms with van der Waals surface area (Å²) < 4.78 is 31.9. The molecule has 1 aromatic carbocycles. The van der Waals surface area contributed by atoms with Gasteiger partial charge >= 0.3 is 13.4 Å². The molecule has 0 bridgehead atoms. The Morgan fingerprint density at radius 2 is 2.00 bits per heavy atom. The summed E-state index contributed by atoms with van der Waals surface area (Å²) in [6, 6.07) is 13.3. The predicted octanol–water partition coefficient (Wildman–Crippen LogP) is 2.93. The zero-order chi connectivity index (χ0) is 21.7. The molecule has 3 unspecified atom stereocenters. The molecule has 162 valence electrons. The third-order valence-electron chi connectivity index (χ3n) is 4.57. The number of hydrogen-bond donors (Lipinski definition) is 2. The van der Waals surface area contributed by atoms with Crippen LogP contribution in [0.5, 0.6) is 5.75 Å². The van der Waals surface area contributed by atoms with Crippen LogP contribution >= 0.6 is 7.75 Å². The van der Waals surface area contributed by atoms with E-state index in [-0.39, 0.29) is 6.61 Å². The van der Waals surface area contributed by atoms with Gasteiger partial charge in [-0.1, -0.05) is 18.2 Å². The first-order valence-electron chi connectivity index (χ1n) is 9.65. The van der Waals surface area contributed by atoms with Crippen molar-refractivity contribution >= 4 is 13.4 Å². The number of ether oxygens (including phenoxy) is 1. The molecule has 1 aliphatic rings. The van der Waals surface area contributed by atoms with Gasteiger partial charge in [0.2, 0.25) is 0 Å². The summed E-state index contributed by atoms with van der Waals surface area (Å²) in [5.41, 5.74) is -0.540. The maximum Gasteiger partial charge on any atom is 0.486 e. The van der Waals surface area contributed by atoms with Gasteiger partial charge in [0.1, 0.15) is 12.0 Å². The van der Waals surface area contributed by atoms with E-state index in [4.69, 9.17) is 13.8 Å². The zero-order valence-corrected chi connectivity index (χ0v) is 17.3. The molecule has 0 amide bonds. The standard InChI is InChI=1S/C20H21N4O6P/c25-18-10-12-24(20(26)22-18)19-9-8-17(29-19)14-28-31(27,23-15-5-4-11-21-13-15)30-16-6-2-1-3-7-16/h1-7,10-13,17,19H,8-9,14H2,(H,23,27)(H,22,25,26). The summed E-state index contributed by atoms with van der Waals surface area (Å²) in [5.74, 6) is 0.382. The smallest absolute Gasteiger partial charge is 0.409 e. The van der Waals surface area contributed by atoms with E-state index in [1.54, 1.807) is 42.6 Å². The molecule has 3 aromatic rings. The van der Waals surface area contributed by atoms with Crippen molar-refractivity contribution in [2.75, 3.05) is 11.7 Å². The van der Waals surface area contributed by atoms with Crippen LogP contribution in [0.15, 0.2) is 76.7 Å². The van der Waals surface area contributed by atoms with Gasteiger partial charge in [-0.25, -0.2) is 9.36 Å². The van der Waals surface area contributed by atoms with Crippen LogP contribution in [0, 0.1) is 0 Å². The van der Waals surface area contributed by atoms with E-state index in [0.717, 1.165) is 0 Å². The minimum absolute atomic E-state index is 0.0218. The normalized spacial score (nSPS) is 20.1. The zero-order valence-electron chi connectivity index (χ0n) is 16.4. The van der Waals surface area contributed by atoms with E-state index in [9.17, 15) is 14.2 Å². The first-order chi connectivity index (χ1) is 15.0. The number of benzene rings is 1. The molecule has 0 spiro atoms. The third kappa shape index (κ3) is 5.49. The maximum atomic E-state index is 13.4. The van der Waals surface area contributed by atoms with Crippen LogP contribution < -0.4 is 20.9 Å². The minimum Gasteiger partial charge on any atom is -0.409 e. The fraction of sp³-hybridized carbons (Fsp3) is 0.250. The predicted molar refractivity (Wildman–Crippen MR) is 113 cm³/mol. The van der Waals surface area contributed by atoms with Gasteiger partial charge in [0.25, 0.3) is 5.56 Å². The Kier molecular flexibility index (Phi) is 6.31. The van der Waals surface area contributed by atoms with Crippen molar-refractivity contribution in [2.24, 2.45) is 0 Å². The highest BCUT2D eigenvalue weighted by Crippen LogP contribution is 2.48. The Labute approximate surface area is 177 Å². The molecular weight excluding hydrogens is 423 g/mol. The SMILES string of the molecule is O=c1ccn(C2CCC(COP(=O)(Nc3cccnc3)Oc3ccccc3)O2)c(=O)[nH]1. The van der Waals surface area contributed by atoms with Gasteiger partial charge in [-0.05, 0) is 37.1 Å².